The van der Waals surface area contributed by atoms with Gasteiger partial charge in [-0.15, -0.1) is 0 Å². The molecular weight excluding hydrogens is 381 g/mol. The number of methoxy groups -OCH3 is 1. The third kappa shape index (κ3) is 2.62. The zero-order valence-corrected chi connectivity index (χ0v) is 13.4. The number of oxime groups is 1. The predicted molar refractivity (Wildman–Crippen MR) is 76.1 cm³/mol. The Morgan fingerprint density at radius 3 is 3.00 bits per heavy atom. The molecule has 1 aliphatic heterocycles. The van der Waals surface area contributed by atoms with Crippen molar-refractivity contribution in [3.05, 3.63) is 0 Å². The van der Waals surface area contributed by atoms with Gasteiger partial charge in [0.1, 0.15) is 3.72 Å². The molecule has 1 aliphatic carbocycles. The topological polar surface area (TPSA) is 83.4 Å². The van der Waals surface area contributed by atoms with E-state index in [9.17, 15) is 9.59 Å². The minimum absolute atomic E-state index is 0.102. The molecule has 20 heavy (non-hydrogen) atoms. The SMILES string of the molecule is CCOC(=O)C(OC)OC(=O)C12CCCC1C(I)=NO2. The van der Waals surface area contributed by atoms with E-state index in [4.69, 9.17) is 19.0 Å². The number of nitrogens with zero attached hydrogens (tertiary/aromatic N) is 1. The van der Waals surface area contributed by atoms with Crippen LogP contribution in [0.15, 0.2) is 5.16 Å². The Balaban J connectivity index is 2.06. The van der Waals surface area contributed by atoms with Gasteiger partial charge in [-0.25, -0.2) is 9.59 Å². The van der Waals surface area contributed by atoms with Gasteiger partial charge in [0.2, 0.25) is 5.60 Å². The smallest absolute Gasteiger partial charge is 0.376 e. The van der Waals surface area contributed by atoms with E-state index in [2.05, 4.69) is 27.7 Å². The molecule has 7 nitrogen and oxygen atoms in total. The average Bonchev–Trinajstić information content (AvgIpc) is 2.98. The van der Waals surface area contributed by atoms with E-state index < -0.39 is 23.8 Å². The van der Waals surface area contributed by atoms with Crippen molar-refractivity contribution < 1.29 is 28.6 Å². The first-order chi connectivity index (χ1) is 9.55. The van der Waals surface area contributed by atoms with Crippen molar-refractivity contribution in [2.24, 2.45) is 11.1 Å². The fourth-order valence-corrected chi connectivity index (χ4v) is 3.38. The van der Waals surface area contributed by atoms with E-state index in [-0.39, 0.29) is 12.5 Å². The van der Waals surface area contributed by atoms with E-state index in [1.807, 2.05) is 0 Å². The molecular formula is C12H16INO6. The molecule has 0 aromatic rings. The number of rotatable bonds is 5. The van der Waals surface area contributed by atoms with Gasteiger partial charge in [0.25, 0.3) is 0 Å². The van der Waals surface area contributed by atoms with Crippen molar-refractivity contribution in [2.45, 2.75) is 38.1 Å². The van der Waals surface area contributed by atoms with Gasteiger partial charge in [0.15, 0.2) is 0 Å². The summed E-state index contributed by atoms with van der Waals surface area (Å²) in [4.78, 5) is 29.3. The Bertz CT molecular complexity index is 440. The summed E-state index contributed by atoms with van der Waals surface area (Å²) in [6.07, 6.45) is 0.804. The van der Waals surface area contributed by atoms with Crippen LogP contribution in [0.1, 0.15) is 26.2 Å². The normalized spacial score (nSPS) is 29.1. The maximum atomic E-state index is 12.4. The van der Waals surface area contributed by atoms with E-state index in [0.29, 0.717) is 6.42 Å². The lowest BCUT2D eigenvalue weighted by atomic mass is 9.92. The van der Waals surface area contributed by atoms with Crippen LogP contribution in [0.5, 0.6) is 0 Å². The molecule has 0 amide bonds. The molecule has 0 saturated heterocycles. The molecule has 2 rings (SSSR count). The van der Waals surface area contributed by atoms with Crippen molar-refractivity contribution in [3.8, 4) is 0 Å². The second-order valence-corrected chi connectivity index (χ2v) is 5.67. The van der Waals surface area contributed by atoms with Crippen LogP contribution < -0.4 is 0 Å². The highest BCUT2D eigenvalue weighted by atomic mass is 127. The van der Waals surface area contributed by atoms with Crippen LogP contribution in [0.3, 0.4) is 0 Å². The Morgan fingerprint density at radius 1 is 1.60 bits per heavy atom. The number of fused-ring (bicyclic) bond motifs is 1. The van der Waals surface area contributed by atoms with Gasteiger partial charge >= 0.3 is 18.2 Å². The first kappa shape index (κ1) is 15.5. The highest BCUT2D eigenvalue weighted by Crippen LogP contribution is 2.46. The fraction of sp³-hybridized carbons (Fsp3) is 0.750. The molecule has 0 aromatic carbocycles. The first-order valence-electron chi connectivity index (χ1n) is 6.37. The van der Waals surface area contributed by atoms with Crippen LogP contribution in [0.25, 0.3) is 0 Å². The third-order valence-electron chi connectivity index (χ3n) is 3.44. The number of hydrogen-bond donors (Lipinski definition) is 0. The molecule has 0 N–H and O–H groups in total. The summed E-state index contributed by atoms with van der Waals surface area (Å²) in [6, 6.07) is 0. The second-order valence-electron chi connectivity index (χ2n) is 4.56. The summed E-state index contributed by atoms with van der Waals surface area (Å²) < 4.78 is 15.5. The standard InChI is InChI=1S/C12H16INO6/c1-3-18-9(15)10(17-2)19-11(16)12-6-4-5-7(12)8(13)14-20-12/h7,10H,3-6H2,1-2H3. The summed E-state index contributed by atoms with van der Waals surface area (Å²) in [7, 11) is 1.27. The van der Waals surface area contributed by atoms with E-state index >= 15 is 0 Å². The minimum atomic E-state index is -1.38. The van der Waals surface area contributed by atoms with E-state index in [1.165, 1.54) is 7.11 Å². The van der Waals surface area contributed by atoms with Gasteiger partial charge in [0, 0.05) is 13.5 Å². The van der Waals surface area contributed by atoms with Crippen molar-refractivity contribution in [1.29, 1.82) is 0 Å². The van der Waals surface area contributed by atoms with Crippen molar-refractivity contribution in [1.82, 2.24) is 0 Å². The highest BCUT2D eigenvalue weighted by molar-refractivity contribution is 14.1. The fourth-order valence-electron chi connectivity index (χ4n) is 2.47. The molecule has 2 aliphatic rings. The van der Waals surface area contributed by atoms with Gasteiger partial charge in [-0.1, -0.05) is 5.16 Å². The lowest BCUT2D eigenvalue weighted by Crippen LogP contribution is -2.46. The summed E-state index contributed by atoms with van der Waals surface area (Å²) in [5.41, 5.74) is -1.11. The second kappa shape index (κ2) is 6.25. The third-order valence-corrected chi connectivity index (χ3v) is 4.39. The van der Waals surface area contributed by atoms with Crippen molar-refractivity contribution in [3.63, 3.8) is 0 Å². The van der Waals surface area contributed by atoms with Gasteiger partial charge in [-0.3, -0.25) is 0 Å². The molecule has 1 fully saturated rings. The number of carbonyl (C=O) groups is 2. The van der Waals surface area contributed by atoms with Crippen molar-refractivity contribution in [2.75, 3.05) is 13.7 Å². The van der Waals surface area contributed by atoms with Crippen LogP contribution >= 0.6 is 22.6 Å². The maximum Gasteiger partial charge on any atom is 0.376 e. The molecule has 1 heterocycles. The molecule has 8 heteroatoms. The van der Waals surface area contributed by atoms with Crippen LogP contribution in [-0.4, -0.2) is 41.3 Å². The number of hydrogen-bond acceptors (Lipinski definition) is 7. The van der Waals surface area contributed by atoms with E-state index in [1.54, 1.807) is 6.92 Å². The van der Waals surface area contributed by atoms with Gasteiger partial charge in [0.05, 0.1) is 12.5 Å². The van der Waals surface area contributed by atoms with Crippen LogP contribution in [0.4, 0.5) is 0 Å². The monoisotopic (exact) mass is 397 g/mol. The predicted octanol–water partition coefficient (Wildman–Crippen LogP) is 1.38. The number of halogens is 1. The summed E-state index contributed by atoms with van der Waals surface area (Å²) in [5.74, 6) is -1.46. The zero-order valence-electron chi connectivity index (χ0n) is 11.3. The van der Waals surface area contributed by atoms with E-state index in [0.717, 1.165) is 16.6 Å². The van der Waals surface area contributed by atoms with Crippen molar-refractivity contribution >= 4 is 38.2 Å². The summed E-state index contributed by atoms with van der Waals surface area (Å²) >= 11 is 2.06. The zero-order chi connectivity index (χ0) is 14.8. The molecule has 3 atom stereocenters. The Hall–Kier alpha value is -0.900. The van der Waals surface area contributed by atoms with Gasteiger partial charge in [-0.2, -0.15) is 0 Å². The molecule has 0 radical (unpaired) electrons. The Kier molecular flexibility index (Phi) is 4.84. The average molecular weight is 397 g/mol. The minimum Gasteiger partial charge on any atom is -0.461 e. The largest absolute Gasteiger partial charge is 0.461 e. The lowest BCUT2D eigenvalue weighted by Gasteiger charge is -2.25. The maximum absolute atomic E-state index is 12.4. The molecule has 0 spiro atoms. The molecule has 112 valence electrons. The quantitative estimate of drug-likeness (QED) is 0.396. The molecule has 1 saturated carbocycles. The van der Waals surface area contributed by atoms with Crippen LogP contribution in [0.2, 0.25) is 0 Å². The first-order valence-corrected chi connectivity index (χ1v) is 7.45. The Morgan fingerprint density at radius 2 is 2.35 bits per heavy atom. The van der Waals surface area contributed by atoms with Crippen LogP contribution in [0, 0.1) is 5.92 Å². The summed E-state index contributed by atoms with van der Waals surface area (Å²) in [6.45, 7) is 1.84. The van der Waals surface area contributed by atoms with Gasteiger partial charge < -0.3 is 19.0 Å². The number of carbonyl (C=O) groups excluding carboxylic acids is 2. The lowest BCUT2D eigenvalue weighted by molar-refractivity contribution is -0.210. The molecule has 0 bridgehead atoms. The Labute approximate surface area is 130 Å². The molecule has 3 unspecified atom stereocenters. The highest BCUT2D eigenvalue weighted by Gasteiger charge is 2.59. The van der Waals surface area contributed by atoms with Crippen LogP contribution in [-0.2, 0) is 28.6 Å². The number of esters is 2. The van der Waals surface area contributed by atoms with Gasteiger partial charge in [-0.05, 0) is 42.4 Å². The summed E-state index contributed by atoms with van der Waals surface area (Å²) in [5, 5.41) is 3.87. The number of ether oxygens (including phenoxy) is 3. The molecule has 0 aromatic heterocycles.